The van der Waals surface area contributed by atoms with Crippen LogP contribution in [-0.4, -0.2) is 42.9 Å². The molecule has 168 valence electrons. The van der Waals surface area contributed by atoms with Gasteiger partial charge in [-0.15, -0.1) is 0 Å². The summed E-state index contributed by atoms with van der Waals surface area (Å²) in [6, 6.07) is 3.69. The predicted octanol–water partition coefficient (Wildman–Crippen LogP) is 3.95. The number of halogens is 1. The summed E-state index contributed by atoms with van der Waals surface area (Å²) in [4.78, 5) is 23.8. The Morgan fingerprint density at radius 2 is 2.06 bits per heavy atom. The summed E-state index contributed by atoms with van der Waals surface area (Å²) in [5, 5.41) is 6.25. The van der Waals surface area contributed by atoms with Crippen LogP contribution < -0.4 is 15.5 Å². The maximum atomic E-state index is 15.0. The standard InChI is InChI=1S/C24H34FN5O/c1-6-7-8-27-23-22(16(2)13-21(31)29-23)17(3)19-14-18(24(4,5)25)15-20(28-19)30-11-9-26-10-12-30/h7-8,14-16,26H,6,9-13H2,1-5H3,(H,27,29,31)/b8-7+,22-17+. The van der Waals surface area contributed by atoms with Crippen molar-refractivity contribution < 1.29 is 9.18 Å². The lowest BCUT2D eigenvalue weighted by atomic mass is 9.87. The maximum absolute atomic E-state index is 15.0. The first kappa shape index (κ1) is 23.1. The van der Waals surface area contributed by atoms with E-state index in [0.717, 1.165) is 55.3 Å². The van der Waals surface area contributed by atoms with Gasteiger partial charge in [0, 0.05) is 44.4 Å². The summed E-state index contributed by atoms with van der Waals surface area (Å²) in [5.74, 6) is 1.30. The van der Waals surface area contributed by atoms with Gasteiger partial charge in [0.1, 0.15) is 17.3 Å². The number of aromatic nitrogens is 1. The van der Waals surface area contributed by atoms with E-state index in [-0.39, 0.29) is 11.8 Å². The van der Waals surface area contributed by atoms with Crippen molar-refractivity contribution in [3.63, 3.8) is 0 Å². The van der Waals surface area contributed by atoms with Crippen LogP contribution in [0.1, 0.15) is 58.7 Å². The highest BCUT2D eigenvalue weighted by atomic mass is 19.1. The van der Waals surface area contributed by atoms with E-state index in [1.165, 1.54) is 0 Å². The summed E-state index contributed by atoms with van der Waals surface area (Å²) >= 11 is 0. The van der Waals surface area contributed by atoms with Crippen LogP contribution in [0.25, 0.3) is 5.57 Å². The zero-order valence-electron chi connectivity index (χ0n) is 19.3. The molecule has 2 aliphatic rings. The van der Waals surface area contributed by atoms with Crippen LogP contribution in [0.3, 0.4) is 0 Å². The third kappa shape index (κ3) is 5.58. The van der Waals surface area contributed by atoms with Gasteiger partial charge in [0.2, 0.25) is 5.91 Å². The van der Waals surface area contributed by atoms with E-state index in [1.54, 1.807) is 20.0 Å². The Morgan fingerprint density at radius 1 is 1.35 bits per heavy atom. The highest BCUT2D eigenvalue weighted by molar-refractivity contribution is 6.14. The van der Waals surface area contributed by atoms with Crippen molar-refractivity contribution in [3.05, 3.63) is 41.2 Å². The van der Waals surface area contributed by atoms with Gasteiger partial charge in [-0.05, 0) is 56.4 Å². The van der Waals surface area contributed by atoms with Gasteiger partial charge in [-0.1, -0.05) is 19.9 Å². The van der Waals surface area contributed by atoms with Crippen LogP contribution in [0.4, 0.5) is 10.2 Å². The molecule has 2 saturated heterocycles. The first-order valence-electron chi connectivity index (χ1n) is 11.1. The molecule has 6 nitrogen and oxygen atoms in total. The van der Waals surface area contributed by atoms with Crippen molar-refractivity contribution >= 4 is 23.1 Å². The number of piperazine rings is 1. The topological polar surface area (TPSA) is 69.6 Å². The van der Waals surface area contributed by atoms with E-state index in [2.05, 4.69) is 20.5 Å². The molecule has 0 aromatic carbocycles. The number of piperidine rings is 1. The Kier molecular flexibility index (Phi) is 7.26. The summed E-state index contributed by atoms with van der Waals surface area (Å²) in [5.41, 5.74) is 1.70. The monoisotopic (exact) mass is 427 g/mol. The molecule has 0 aliphatic carbocycles. The molecule has 3 rings (SSSR count). The number of amidine groups is 1. The number of aliphatic imine (C=N–C) groups is 1. The Labute approximate surface area is 184 Å². The van der Waals surface area contributed by atoms with Gasteiger partial charge in [-0.25, -0.2) is 14.4 Å². The fourth-order valence-electron chi connectivity index (χ4n) is 3.99. The second-order valence-corrected chi connectivity index (χ2v) is 8.77. The van der Waals surface area contributed by atoms with Crippen molar-refractivity contribution in [2.24, 2.45) is 10.9 Å². The Hall–Kier alpha value is -2.54. The fourth-order valence-corrected chi connectivity index (χ4v) is 3.99. The van der Waals surface area contributed by atoms with Gasteiger partial charge in [0.25, 0.3) is 0 Å². The number of anilines is 1. The number of alkyl halides is 1. The van der Waals surface area contributed by atoms with Gasteiger partial charge >= 0.3 is 0 Å². The first-order chi connectivity index (χ1) is 14.7. The lowest BCUT2D eigenvalue weighted by molar-refractivity contribution is -0.120. The molecule has 0 spiro atoms. The fraction of sp³-hybridized carbons (Fsp3) is 0.542. The van der Waals surface area contributed by atoms with Gasteiger partial charge in [-0.2, -0.15) is 0 Å². The van der Waals surface area contributed by atoms with E-state index >= 15 is 0 Å². The zero-order valence-corrected chi connectivity index (χ0v) is 19.3. The van der Waals surface area contributed by atoms with E-state index in [1.807, 2.05) is 39.0 Å². The Balaban J connectivity index is 2.13. The molecule has 1 unspecified atom stereocenters. The molecule has 7 heteroatoms. The van der Waals surface area contributed by atoms with Crippen LogP contribution >= 0.6 is 0 Å². The molecular formula is C24H34FN5O. The lowest BCUT2D eigenvalue weighted by Gasteiger charge is -2.30. The number of allylic oxidation sites excluding steroid dienone is 2. The average Bonchev–Trinajstić information content (AvgIpc) is 2.73. The smallest absolute Gasteiger partial charge is 0.226 e. The Bertz CT molecular complexity index is 907. The van der Waals surface area contributed by atoms with Gasteiger partial charge in [0.05, 0.1) is 5.69 Å². The molecule has 0 bridgehead atoms. The highest BCUT2D eigenvalue weighted by Gasteiger charge is 2.29. The van der Waals surface area contributed by atoms with Crippen LogP contribution in [0.15, 0.2) is 35.0 Å². The second-order valence-electron chi connectivity index (χ2n) is 8.77. The molecule has 2 N–H and O–H groups in total. The molecule has 0 radical (unpaired) electrons. The molecule has 2 aliphatic heterocycles. The average molecular weight is 428 g/mol. The van der Waals surface area contributed by atoms with Crippen molar-refractivity contribution in [2.75, 3.05) is 31.1 Å². The summed E-state index contributed by atoms with van der Waals surface area (Å²) < 4.78 is 15.0. The SMILES string of the molecule is CC/C=C/N=C1\NC(=O)CC(C)\C1=C(\C)c1cc(C(C)(C)F)cc(N2CCNCC2)n1. The molecule has 0 saturated carbocycles. The van der Waals surface area contributed by atoms with Crippen LogP contribution in [0.2, 0.25) is 0 Å². The first-order valence-corrected chi connectivity index (χ1v) is 11.1. The largest absolute Gasteiger partial charge is 0.354 e. The molecule has 1 amide bonds. The Morgan fingerprint density at radius 3 is 2.71 bits per heavy atom. The minimum absolute atomic E-state index is 0.00555. The molecule has 1 atom stereocenters. The normalized spacial score (nSPS) is 23.4. The number of carbonyl (C=O) groups is 1. The van der Waals surface area contributed by atoms with E-state index in [4.69, 9.17) is 4.98 Å². The molecule has 1 aromatic heterocycles. The van der Waals surface area contributed by atoms with E-state index < -0.39 is 5.67 Å². The predicted molar refractivity (Wildman–Crippen MR) is 125 cm³/mol. The van der Waals surface area contributed by atoms with E-state index in [9.17, 15) is 9.18 Å². The number of carbonyl (C=O) groups excluding carboxylic acids is 1. The van der Waals surface area contributed by atoms with Crippen LogP contribution in [-0.2, 0) is 10.5 Å². The van der Waals surface area contributed by atoms with Crippen molar-refractivity contribution in [1.29, 1.82) is 0 Å². The number of hydrogen-bond acceptors (Lipinski definition) is 5. The second kappa shape index (κ2) is 9.73. The van der Waals surface area contributed by atoms with Crippen molar-refractivity contribution in [1.82, 2.24) is 15.6 Å². The summed E-state index contributed by atoms with van der Waals surface area (Å²) in [6.45, 7) is 12.6. The van der Waals surface area contributed by atoms with Gasteiger partial charge in [0.15, 0.2) is 0 Å². The van der Waals surface area contributed by atoms with Crippen LogP contribution in [0.5, 0.6) is 0 Å². The zero-order chi connectivity index (χ0) is 22.6. The number of nitrogens with one attached hydrogen (secondary N) is 2. The quantitative estimate of drug-likeness (QED) is 0.747. The third-order valence-electron chi connectivity index (χ3n) is 5.77. The van der Waals surface area contributed by atoms with Crippen molar-refractivity contribution in [3.8, 4) is 0 Å². The van der Waals surface area contributed by atoms with Crippen LogP contribution in [0, 0.1) is 5.92 Å². The summed E-state index contributed by atoms with van der Waals surface area (Å²) in [7, 11) is 0. The summed E-state index contributed by atoms with van der Waals surface area (Å²) in [6.07, 6.45) is 4.92. The minimum atomic E-state index is -1.49. The lowest BCUT2D eigenvalue weighted by Crippen LogP contribution is -2.44. The minimum Gasteiger partial charge on any atom is -0.354 e. The maximum Gasteiger partial charge on any atom is 0.226 e. The molecule has 3 heterocycles. The van der Waals surface area contributed by atoms with E-state index in [0.29, 0.717) is 17.8 Å². The molecule has 1 aromatic rings. The molecule has 2 fully saturated rings. The molecular weight excluding hydrogens is 393 g/mol. The third-order valence-corrected chi connectivity index (χ3v) is 5.77. The number of rotatable bonds is 5. The van der Waals surface area contributed by atoms with Gasteiger partial charge < -0.3 is 15.5 Å². The number of amides is 1. The number of pyridine rings is 1. The van der Waals surface area contributed by atoms with Crippen molar-refractivity contribution in [2.45, 2.75) is 53.1 Å². The van der Waals surface area contributed by atoms with Gasteiger partial charge in [-0.3, -0.25) is 4.79 Å². The highest BCUT2D eigenvalue weighted by Crippen LogP contribution is 2.33. The number of hydrogen-bond donors (Lipinski definition) is 2. The number of nitrogens with zero attached hydrogens (tertiary/aromatic N) is 3. The molecule has 31 heavy (non-hydrogen) atoms.